The fraction of sp³-hybridized carbons (Fsp3) is 0.200. The van der Waals surface area contributed by atoms with E-state index in [9.17, 15) is 4.79 Å². The Morgan fingerprint density at radius 2 is 2.35 bits per heavy atom. The van der Waals surface area contributed by atoms with Gasteiger partial charge in [0, 0.05) is 30.6 Å². The van der Waals surface area contributed by atoms with E-state index in [0.717, 1.165) is 5.82 Å². The second-order valence-electron chi connectivity index (χ2n) is 4.18. The first kappa shape index (κ1) is 13.8. The quantitative estimate of drug-likeness (QED) is 0.806. The number of aryl methyl sites for hydroxylation is 1. The molecule has 0 bridgehead atoms. The van der Waals surface area contributed by atoms with Gasteiger partial charge in [0.2, 0.25) is 0 Å². The van der Waals surface area contributed by atoms with Crippen molar-refractivity contribution in [1.29, 1.82) is 0 Å². The van der Waals surface area contributed by atoms with Gasteiger partial charge in [0.1, 0.15) is 12.4 Å². The number of carbonyl (C=O) groups excluding carboxylic acids is 1. The monoisotopic (exact) mass is 269 g/mol. The van der Waals surface area contributed by atoms with Crippen LogP contribution >= 0.6 is 0 Å². The number of aliphatic hydroxyl groups is 1. The minimum Gasteiger partial charge on any atom is -0.384 e. The zero-order valence-corrected chi connectivity index (χ0v) is 11.1. The summed E-state index contributed by atoms with van der Waals surface area (Å²) in [5, 5.41) is 11.5. The van der Waals surface area contributed by atoms with Gasteiger partial charge in [-0.25, -0.2) is 4.98 Å². The Hall–Kier alpha value is -2.58. The molecule has 1 aromatic carbocycles. The van der Waals surface area contributed by atoms with Gasteiger partial charge in [0.15, 0.2) is 0 Å². The maximum Gasteiger partial charge on any atom is 0.251 e. The first-order chi connectivity index (χ1) is 9.70. The van der Waals surface area contributed by atoms with Crippen molar-refractivity contribution < 1.29 is 9.90 Å². The molecule has 0 atom stereocenters. The minimum atomic E-state index is -0.199. The summed E-state index contributed by atoms with van der Waals surface area (Å²) < 4.78 is 1.85. The molecule has 2 N–H and O–H groups in total. The maximum absolute atomic E-state index is 12.0. The summed E-state index contributed by atoms with van der Waals surface area (Å²) in [4.78, 5) is 16.2. The van der Waals surface area contributed by atoms with E-state index in [4.69, 9.17) is 5.11 Å². The molecule has 0 spiro atoms. The van der Waals surface area contributed by atoms with Crippen LogP contribution in [0.5, 0.6) is 0 Å². The summed E-state index contributed by atoms with van der Waals surface area (Å²) in [6.45, 7) is 0.171. The Labute approximate surface area is 117 Å². The predicted molar refractivity (Wildman–Crippen MR) is 74.8 cm³/mol. The number of rotatable bonds is 3. The van der Waals surface area contributed by atoms with Gasteiger partial charge in [-0.2, -0.15) is 0 Å². The van der Waals surface area contributed by atoms with Gasteiger partial charge < -0.3 is 15.0 Å². The maximum atomic E-state index is 12.0. The highest BCUT2D eigenvalue weighted by Gasteiger charge is 2.07. The van der Waals surface area contributed by atoms with E-state index < -0.39 is 0 Å². The number of benzene rings is 1. The van der Waals surface area contributed by atoms with Crippen molar-refractivity contribution >= 4 is 5.91 Å². The van der Waals surface area contributed by atoms with E-state index in [1.807, 2.05) is 17.8 Å². The summed E-state index contributed by atoms with van der Waals surface area (Å²) in [6.07, 6.45) is 3.51. The number of nitrogens with zero attached hydrogens (tertiary/aromatic N) is 2. The van der Waals surface area contributed by atoms with Crippen LogP contribution in [0.4, 0.5) is 0 Å². The van der Waals surface area contributed by atoms with Crippen LogP contribution in [-0.2, 0) is 13.6 Å². The first-order valence-corrected chi connectivity index (χ1v) is 6.15. The predicted octanol–water partition coefficient (Wildman–Crippen LogP) is 0.694. The van der Waals surface area contributed by atoms with E-state index >= 15 is 0 Å². The van der Waals surface area contributed by atoms with E-state index in [1.54, 1.807) is 30.5 Å². The zero-order chi connectivity index (χ0) is 14.4. The molecule has 5 nitrogen and oxygen atoms in total. The lowest BCUT2D eigenvalue weighted by atomic mass is 10.1. The van der Waals surface area contributed by atoms with Gasteiger partial charge in [-0.05, 0) is 18.2 Å². The lowest BCUT2D eigenvalue weighted by Gasteiger charge is -2.05. The number of nitrogens with one attached hydrogen (secondary N) is 1. The lowest BCUT2D eigenvalue weighted by molar-refractivity contribution is 0.0949. The summed E-state index contributed by atoms with van der Waals surface area (Å²) in [5.74, 6) is 5.93. The van der Waals surface area contributed by atoms with Crippen LogP contribution in [0.15, 0.2) is 36.7 Å². The zero-order valence-electron chi connectivity index (χ0n) is 11.1. The molecule has 2 aromatic rings. The smallest absolute Gasteiger partial charge is 0.251 e. The van der Waals surface area contributed by atoms with Crippen LogP contribution in [0.25, 0.3) is 0 Å². The summed E-state index contributed by atoms with van der Waals surface area (Å²) in [7, 11) is 1.87. The molecule has 0 saturated carbocycles. The Kier molecular flexibility index (Phi) is 4.53. The molecule has 0 radical (unpaired) electrons. The third kappa shape index (κ3) is 3.46. The van der Waals surface area contributed by atoms with E-state index in [1.165, 1.54) is 0 Å². The Bertz CT molecular complexity index is 665. The standard InChI is InChI=1S/C15H15N3O2/c1-18-8-7-16-14(18)11-17-15(20)13-6-2-4-12(10-13)5-3-9-19/h2,4,6-8,10,19H,9,11H2,1H3,(H,17,20). The fourth-order valence-corrected chi connectivity index (χ4v) is 1.71. The summed E-state index contributed by atoms with van der Waals surface area (Å²) in [5.41, 5.74) is 1.23. The number of aromatic nitrogens is 2. The molecule has 1 aromatic heterocycles. The van der Waals surface area contributed by atoms with E-state index in [0.29, 0.717) is 17.7 Å². The van der Waals surface area contributed by atoms with Crippen LogP contribution in [0.2, 0.25) is 0 Å². The number of hydrogen-bond acceptors (Lipinski definition) is 3. The van der Waals surface area contributed by atoms with Crippen molar-refractivity contribution in [2.45, 2.75) is 6.54 Å². The third-order valence-electron chi connectivity index (χ3n) is 2.76. The van der Waals surface area contributed by atoms with Gasteiger partial charge in [0.05, 0.1) is 6.54 Å². The van der Waals surface area contributed by atoms with Crippen molar-refractivity contribution in [3.63, 3.8) is 0 Å². The summed E-state index contributed by atoms with van der Waals surface area (Å²) in [6, 6.07) is 6.96. The fourth-order valence-electron chi connectivity index (χ4n) is 1.71. The SMILES string of the molecule is Cn1ccnc1CNC(=O)c1cccc(C#CCO)c1. The molecule has 1 amide bonds. The van der Waals surface area contributed by atoms with Crippen molar-refractivity contribution in [2.75, 3.05) is 6.61 Å². The van der Waals surface area contributed by atoms with Crippen molar-refractivity contribution in [1.82, 2.24) is 14.9 Å². The molecule has 5 heteroatoms. The molecule has 0 aliphatic rings. The number of amides is 1. The van der Waals surface area contributed by atoms with E-state index in [-0.39, 0.29) is 12.5 Å². The van der Waals surface area contributed by atoms with Crippen LogP contribution in [0.1, 0.15) is 21.7 Å². The van der Waals surface area contributed by atoms with Crippen LogP contribution < -0.4 is 5.32 Å². The molecule has 102 valence electrons. The topological polar surface area (TPSA) is 67.2 Å². The molecule has 0 aliphatic heterocycles. The minimum absolute atomic E-state index is 0.180. The second-order valence-corrected chi connectivity index (χ2v) is 4.18. The van der Waals surface area contributed by atoms with Crippen molar-refractivity contribution in [3.8, 4) is 11.8 Å². The molecule has 0 aliphatic carbocycles. The van der Waals surface area contributed by atoms with Crippen LogP contribution in [0, 0.1) is 11.8 Å². The third-order valence-corrected chi connectivity index (χ3v) is 2.76. The first-order valence-electron chi connectivity index (χ1n) is 6.15. The molecule has 2 rings (SSSR count). The molecule has 0 fully saturated rings. The largest absolute Gasteiger partial charge is 0.384 e. The van der Waals surface area contributed by atoms with Gasteiger partial charge in [-0.15, -0.1) is 0 Å². The number of aliphatic hydroxyl groups excluding tert-OH is 1. The molecule has 1 heterocycles. The lowest BCUT2D eigenvalue weighted by Crippen LogP contribution is -2.24. The molecule has 0 unspecified atom stereocenters. The Balaban J connectivity index is 2.04. The van der Waals surface area contributed by atoms with E-state index in [2.05, 4.69) is 22.1 Å². The van der Waals surface area contributed by atoms with Gasteiger partial charge >= 0.3 is 0 Å². The van der Waals surface area contributed by atoms with Gasteiger partial charge in [0.25, 0.3) is 5.91 Å². The average Bonchev–Trinajstić information content (AvgIpc) is 2.88. The molecular formula is C15H15N3O2. The Morgan fingerprint density at radius 3 is 3.05 bits per heavy atom. The van der Waals surface area contributed by atoms with Gasteiger partial charge in [-0.3, -0.25) is 4.79 Å². The molecular weight excluding hydrogens is 254 g/mol. The highest BCUT2D eigenvalue weighted by Crippen LogP contribution is 2.04. The van der Waals surface area contributed by atoms with Crippen LogP contribution in [-0.4, -0.2) is 27.2 Å². The van der Waals surface area contributed by atoms with Crippen molar-refractivity contribution in [2.24, 2.45) is 7.05 Å². The molecule has 20 heavy (non-hydrogen) atoms. The van der Waals surface area contributed by atoms with Crippen LogP contribution in [0.3, 0.4) is 0 Å². The Morgan fingerprint density at radius 1 is 1.50 bits per heavy atom. The number of hydrogen-bond donors (Lipinski definition) is 2. The van der Waals surface area contributed by atoms with Gasteiger partial charge in [-0.1, -0.05) is 17.9 Å². The van der Waals surface area contributed by atoms with Crippen molar-refractivity contribution in [3.05, 3.63) is 53.6 Å². The highest BCUT2D eigenvalue weighted by molar-refractivity contribution is 5.94. The normalized spacial score (nSPS) is 9.70. The second kappa shape index (κ2) is 6.55. The summed E-state index contributed by atoms with van der Waals surface area (Å²) >= 11 is 0. The number of imidazole rings is 1. The highest BCUT2D eigenvalue weighted by atomic mass is 16.2. The number of carbonyl (C=O) groups is 1. The molecule has 0 saturated heterocycles. The average molecular weight is 269 g/mol.